The average Bonchev–Trinajstić information content (AvgIpc) is 2.82. The summed E-state index contributed by atoms with van der Waals surface area (Å²) in [6, 6.07) is 0. The summed E-state index contributed by atoms with van der Waals surface area (Å²) in [5.74, 6) is -0.701. The third-order valence-electron chi connectivity index (χ3n) is 9.54. The Labute approximate surface area is 181 Å². The van der Waals surface area contributed by atoms with Crippen LogP contribution in [0.5, 0.6) is 0 Å². The number of halogens is 1. The lowest BCUT2D eigenvalue weighted by molar-refractivity contribution is -0.368. The molecule has 1 aliphatic heterocycles. The number of ketones is 2. The van der Waals surface area contributed by atoms with E-state index in [9.17, 15) is 19.5 Å². The van der Waals surface area contributed by atoms with Crippen LogP contribution in [0, 0.1) is 16.7 Å². The zero-order valence-corrected chi connectivity index (χ0v) is 18.5. The van der Waals surface area contributed by atoms with Gasteiger partial charge in [0.15, 0.2) is 18.4 Å². The van der Waals surface area contributed by atoms with Crippen molar-refractivity contribution >= 4 is 29.5 Å². The second kappa shape index (κ2) is 6.03. The molecule has 2 bridgehead atoms. The molecule has 4 aliphatic carbocycles. The molecule has 4 fully saturated rings. The summed E-state index contributed by atoms with van der Waals surface area (Å²) < 4.78 is 12.6. The van der Waals surface area contributed by atoms with Gasteiger partial charge in [-0.3, -0.25) is 14.4 Å². The highest BCUT2D eigenvalue weighted by Gasteiger charge is 2.82. The number of ether oxygens (including phenoxy) is 2. The van der Waals surface area contributed by atoms with Gasteiger partial charge in [-0.2, -0.15) is 0 Å². The Morgan fingerprint density at radius 2 is 1.97 bits per heavy atom. The summed E-state index contributed by atoms with van der Waals surface area (Å²) in [7, 11) is 0. The number of Topliss-reactive ketones (excluding diaryl/α,β-unsaturated/α-hetero) is 1. The molecule has 0 amide bonds. The number of rotatable bonds is 2. The first-order chi connectivity index (χ1) is 14.0. The summed E-state index contributed by atoms with van der Waals surface area (Å²) in [6.07, 6.45) is 3.98. The first-order valence-corrected chi connectivity index (χ1v) is 11.3. The van der Waals surface area contributed by atoms with Crippen LogP contribution in [0.4, 0.5) is 0 Å². The molecule has 0 radical (unpaired) electrons. The molecule has 5 rings (SSSR count). The van der Waals surface area contributed by atoms with Crippen molar-refractivity contribution in [1.82, 2.24) is 0 Å². The molecule has 6 nitrogen and oxygen atoms in total. The van der Waals surface area contributed by atoms with Gasteiger partial charge in [0.1, 0.15) is 5.60 Å². The van der Waals surface area contributed by atoms with Crippen LogP contribution < -0.4 is 0 Å². The maximum atomic E-state index is 12.9. The molecular formula is C23H29ClO6. The molecule has 0 aromatic rings. The summed E-state index contributed by atoms with van der Waals surface area (Å²) in [6.45, 7) is 5.75. The smallest absolute Gasteiger partial charge is 0.227 e. The summed E-state index contributed by atoms with van der Waals surface area (Å²) in [5.41, 5.74) is -2.47. The van der Waals surface area contributed by atoms with Gasteiger partial charge in [0.2, 0.25) is 5.78 Å². The van der Waals surface area contributed by atoms with Gasteiger partial charge in [0, 0.05) is 23.2 Å². The molecule has 164 valence electrons. The minimum Gasteiger partial charge on any atom is -0.391 e. The molecule has 0 aromatic carbocycles. The lowest BCUT2D eigenvalue weighted by Gasteiger charge is -2.70. The third-order valence-corrected chi connectivity index (χ3v) is 10.5. The van der Waals surface area contributed by atoms with Crippen LogP contribution in [0.25, 0.3) is 0 Å². The Hall–Kier alpha value is -1.08. The van der Waals surface area contributed by atoms with E-state index in [2.05, 4.69) is 6.92 Å². The van der Waals surface area contributed by atoms with Gasteiger partial charge in [-0.25, -0.2) is 0 Å². The van der Waals surface area contributed by atoms with Crippen LogP contribution >= 0.6 is 11.6 Å². The summed E-state index contributed by atoms with van der Waals surface area (Å²) >= 11 is 7.49. The van der Waals surface area contributed by atoms with E-state index in [1.165, 1.54) is 0 Å². The van der Waals surface area contributed by atoms with E-state index in [4.69, 9.17) is 21.1 Å². The van der Waals surface area contributed by atoms with Crippen molar-refractivity contribution in [3.05, 3.63) is 11.6 Å². The van der Waals surface area contributed by atoms with Gasteiger partial charge in [-0.15, -0.1) is 11.6 Å². The van der Waals surface area contributed by atoms with Gasteiger partial charge < -0.3 is 14.6 Å². The van der Waals surface area contributed by atoms with Crippen LogP contribution in [0.3, 0.4) is 0 Å². The Bertz CT molecular complexity index is 885. The first-order valence-electron chi connectivity index (χ1n) is 11.0. The Balaban J connectivity index is 1.71. The molecule has 8 atom stereocenters. The van der Waals surface area contributed by atoms with Crippen molar-refractivity contribution in [3.8, 4) is 0 Å². The van der Waals surface area contributed by atoms with Gasteiger partial charge >= 0.3 is 0 Å². The number of fused-ring (bicyclic) bond motifs is 3. The molecule has 1 unspecified atom stereocenters. The average molecular weight is 437 g/mol. The number of allylic oxidation sites excluding steroid dienone is 1. The van der Waals surface area contributed by atoms with E-state index in [0.29, 0.717) is 44.8 Å². The van der Waals surface area contributed by atoms with Gasteiger partial charge in [0.25, 0.3) is 0 Å². The number of aldehydes is 1. The molecular weight excluding hydrogens is 408 g/mol. The second-order valence-electron chi connectivity index (χ2n) is 10.4. The van der Waals surface area contributed by atoms with Crippen molar-refractivity contribution in [1.29, 1.82) is 0 Å². The predicted molar refractivity (Wildman–Crippen MR) is 108 cm³/mol. The molecule has 0 aromatic heterocycles. The molecule has 1 saturated heterocycles. The Morgan fingerprint density at radius 3 is 2.67 bits per heavy atom. The number of alkyl halides is 1. The number of aliphatic hydroxyl groups is 1. The van der Waals surface area contributed by atoms with Crippen molar-refractivity contribution in [2.24, 2.45) is 16.7 Å². The fraction of sp³-hybridized carbons (Fsp3) is 0.783. The SMILES string of the molecule is CC1O[C@@]2(C(=O)C=O)CC[C@@]3(O1)[C@@H]1CCC4=CC(=O)CC[C@]4(C)[C@@]1(Cl)[C@@H](O)C[C@]23C. The fourth-order valence-corrected chi connectivity index (χ4v) is 8.69. The van der Waals surface area contributed by atoms with Crippen LogP contribution in [0.2, 0.25) is 0 Å². The maximum Gasteiger partial charge on any atom is 0.227 e. The molecule has 0 spiro atoms. The topological polar surface area (TPSA) is 89.9 Å². The van der Waals surface area contributed by atoms with Crippen molar-refractivity contribution in [2.45, 2.75) is 94.2 Å². The molecule has 3 saturated carbocycles. The van der Waals surface area contributed by atoms with E-state index >= 15 is 0 Å². The second-order valence-corrected chi connectivity index (χ2v) is 11.0. The highest BCUT2D eigenvalue weighted by molar-refractivity contribution is 6.29. The van der Waals surface area contributed by atoms with E-state index in [-0.39, 0.29) is 18.1 Å². The number of carbonyl (C=O) groups is 3. The van der Waals surface area contributed by atoms with Crippen molar-refractivity contribution in [3.63, 3.8) is 0 Å². The minimum absolute atomic E-state index is 0.113. The molecule has 1 N–H and O–H groups in total. The molecule has 30 heavy (non-hydrogen) atoms. The standard InChI is InChI=1S/C23H29ClO6/c1-13-29-21-8-9-22(30-13,18(28)12-25)20(21,3)11-17(27)23(24)16(21)5-4-14-10-15(26)6-7-19(14,23)2/h10,12-13,16-17,27H,4-9,11H2,1-3H3/t13?,16-,17-,19-,20-,21+,22+,23-/m0/s1. The lowest BCUT2D eigenvalue weighted by atomic mass is 9.43. The Morgan fingerprint density at radius 1 is 1.23 bits per heavy atom. The predicted octanol–water partition coefficient (Wildman–Crippen LogP) is 2.87. The molecule has 5 aliphatic rings. The van der Waals surface area contributed by atoms with Gasteiger partial charge in [-0.1, -0.05) is 19.4 Å². The minimum atomic E-state index is -1.30. The zero-order valence-electron chi connectivity index (χ0n) is 17.7. The summed E-state index contributed by atoms with van der Waals surface area (Å²) in [5, 5.41) is 11.6. The van der Waals surface area contributed by atoms with Crippen LogP contribution in [0.15, 0.2) is 11.6 Å². The van der Waals surface area contributed by atoms with Crippen LogP contribution in [-0.2, 0) is 23.9 Å². The van der Waals surface area contributed by atoms with Crippen LogP contribution in [-0.4, -0.2) is 51.4 Å². The Kier molecular flexibility index (Phi) is 4.18. The van der Waals surface area contributed by atoms with E-state index < -0.39 is 45.1 Å². The van der Waals surface area contributed by atoms with Crippen molar-refractivity contribution in [2.75, 3.05) is 0 Å². The zero-order chi connectivity index (χ0) is 21.7. The molecule has 1 heterocycles. The fourth-order valence-electron chi connectivity index (χ4n) is 8.11. The third kappa shape index (κ3) is 2.01. The monoisotopic (exact) mass is 436 g/mol. The molecule has 7 heteroatoms. The summed E-state index contributed by atoms with van der Waals surface area (Å²) in [4.78, 5) is 35.6. The van der Waals surface area contributed by atoms with Gasteiger partial charge in [-0.05, 0) is 51.5 Å². The van der Waals surface area contributed by atoms with E-state index in [1.807, 2.05) is 6.92 Å². The first kappa shape index (κ1) is 20.8. The van der Waals surface area contributed by atoms with Gasteiger partial charge in [0.05, 0.1) is 16.6 Å². The van der Waals surface area contributed by atoms with E-state index in [1.54, 1.807) is 13.0 Å². The normalized spacial score (nSPS) is 54.5. The number of aliphatic hydroxyl groups excluding tert-OH is 1. The van der Waals surface area contributed by atoms with Crippen molar-refractivity contribution < 1.29 is 29.0 Å². The maximum absolute atomic E-state index is 12.9. The highest BCUT2D eigenvalue weighted by Crippen LogP contribution is 2.75. The number of hydrogen-bond donors (Lipinski definition) is 1. The number of hydrogen-bond acceptors (Lipinski definition) is 6. The number of carbonyl (C=O) groups excluding carboxylic acids is 3. The highest BCUT2D eigenvalue weighted by atomic mass is 35.5. The quantitative estimate of drug-likeness (QED) is 0.406. The van der Waals surface area contributed by atoms with E-state index in [0.717, 1.165) is 5.57 Å². The lowest BCUT2D eigenvalue weighted by Crippen LogP contribution is -2.78. The largest absolute Gasteiger partial charge is 0.391 e. The van der Waals surface area contributed by atoms with Crippen LogP contribution in [0.1, 0.15) is 65.7 Å².